The summed E-state index contributed by atoms with van der Waals surface area (Å²) in [6.07, 6.45) is 2.79. The highest BCUT2D eigenvalue weighted by Gasteiger charge is 2.26. The highest BCUT2D eigenvalue weighted by atomic mass is 32.1. The first-order chi connectivity index (χ1) is 15.6. The summed E-state index contributed by atoms with van der Waals surface area (Å²) in [4.78, 5) is 21.8. The monoisotopic (exact) mass is 449 g/mol. The SMILES string of the molecule is COc1ccccc1CCNC(=O)c1ccc(C)nc1C1CCN(Cc2cccs2)CC1. The van der Waals surface area contributed by atoms with Gasteiger partial charge < -0.3 is 10.1 Å². The van der Waals surface area contributed by atoms with E-state index in [1.165, 1.54) is 4.88 Å². The van der Waals surface area contributed by atoms with Crippen molar-refractivity contribution in [3.63, 3.8) is 0 Å². The molecule has 1 amide bonds. The number of carbonyl (C=O) groups is 1. The van der Waals surface area contributed by atoms with Crippen molar-refractivity contribution in [3.05, 3.63) is 81.3 Å². The molecule has 6 heteroatoms. The number of rotatable bonds is 8. The molecular weight excluding hydrogens is 418 g/mol. The van der Waals surface area contributed by atoms with E-state index in [1.807, 2.05) is 54.7 Å². The Hall–Kier alpha value is -2.70. The van der Waals surface area contributed by atoms with Crippen molar-refractivity contribution >= 4 is 17.2 Å². The molecule has 1 aliphatic rings. The minimum atomic E-state index is -0.0385. The van der Waals surface area contributed by atoms with Gasteiger partial charge in [0, 0.05) is 29.6 Å². The molecule has 3 heterocycles. The van der Waals surface area contributed by atoms with Gasteiger partial charge in [0.1, 0.15) is 5.75 Å². The molecule has 4 rings (SSSR count). The molecule has 1 saturated heterocycles. The second-order valence-electron chi connectivity index (χ2n) is 8.33. The molecule has 3 aromatic rings. The molecule has 1 fully saturated rings. The lowest BCUT2D eigenvalue weighted by atomic mass is 9.89. The first-order valence-electron chi connectivity index (χ1n) is 11.3. The lowest BCUT2D eigenvalue weighted by Crippen LogP contribution is -2.34. The van der Waals surface area contributed by atoms with E-state index in [-0.39, 0.29) is 5.91 Å². The average Bonchev–Trinajstić information content (AvgIpc) is 3.33. The summed E-state index contributed by atoms with van der Waals surface area (Å²) in [5, 5.41) is 5.23. The maximum Gasteiger partial charge on any atom is 0.253 e. The maximum absolute atomic E-state index is 13.0. The Balaban J connectivity index is 1.38. The molecular formula is C26H31N3O2S. The van der Waals surface area contributed by atoms with Crippen LogP contribution in [0.25, 0.3) is 0 Å². The normalized spacial score (nSPS) is 14.9. The van der Waals surface area contributed by atoms with Crippen LogP contribution in [0.3, 0.4) is 0 Å². The number of aromatic nitrogens is 1. The van der Waals surface area contributed by atoms with Crippen LogP contribution in [0.2, 0.25) is 0 Å². The van der Waals surface area contributed by atoms with Crippen LogP contribution in [0.1, 0.15) is 50.9 Å². The fourth-order valence-corrected chi connectivity index (χ4v) is 5.13. The Labute approximate surface area is 194 Å². The van der Waals surface area contributed by atoms with Crippen LogP contribution in [0.4, 0.5) is 0 Å². The molecule has 0 radical (unpaired) electrons. The van der Waals surface area contributed by atoms with E-state index in [0.717, 1.165) is 61.6 Å². The van der Waals surface area contributed by atoms with E-state index < -0.39 is 0 Å². The third-order valence-electron chi connectivity index (χ3n) is 6.11. The van der Waals surface area contributed by atoms with Gasteiger partial charge in [-0.2, -0.15) is 0 Å². The van der Waals surface area contributed by atoms with Crippen molar-refractivity contribution in [2.75, 3.05) is 26.7 Å². The van der Waals surface area contributed by atoms with Crippen LogP contribution in [-0.2, 0) is 13.0 Å². The van der Waals surface area contributed by atoms with Crippen molar-refractivity contribution in [1.29, 1.82) is 0 Å². The summed E-state index contributed by atoms with van der Waals surface area (Å²) in [6, 6.07) is 16.1. The van der Waals surface area contributed by atoms with Gasteiger partial charge in [0.05, 0.1) is 18.4 Å². The number of nitrogens with zero attached hydrogens (tertiary/aromatic N) is 2. The van der Waals surface area contributed by atoms with E-state index in [0.29, 0.717) is 18.0 Å². The smallest absolute Gasteiger partial charge is 0.253 e. The molecule has 5 nitrogen and oxygen atoms in total. The Morgan fingerprint density at radius 2 is 1.97 bits per heavy atom. The number of pyridine rings is 1. The molecule has 0 spiro atoms. The summed E-state index contributed by atoms with van der Waals surface area (Å²) >= 11 is 1.82. The van der Waals surface area contributed by atoms with Crippen LogP contribution in [0.5, 0.6) is 5.75 Å². The van der Waals surface area contributed by atoms with Gasteiger partial charge in [-0.1, -0.05) is 24.3 Å². The molecule has 2 aromatic heterocycles. The Kier molecular flexibility index (Phi) is 7.55. The standard InChI is InChI=1S/C26H31N3O2S/c1-19-9-10-23(26(30)27-14-11-20-6-3-4-8-24(20)31-2)25(28-19)21-12-15-29(16-13-21)18-22-7-5-17-32-22/h3-10,17,21H,11-16,18H2,1-2H3,(H,27,30). The van der Waals surface area contributed by atoms with Gasteiger partial charge in [0.2, 0.25) is 0 Å². The molecule has 32 heavy (non-hydrogen) atoms. The fraction of sp³-hybridized carbons (Fsp3) is 0.385. The number of para-hydroxylation sites is 1. The van der Waals surface area contributed by atoms with Crippen LogP contribution in [-0.4, -0.2) is 42.5 Å². The van der Waals surface area contributed by atoms with E-state index in [9.17, 15) is 4.79 Å². The number of amides is 1. The number of hydrogen-bond donors (Lipinski definition) is 1. The number of hydrogen-bond acceptors (Lipinski definition) is 5. The first kappa shape index (κ1) is 22.5. The summed E-state index contributed by atoms with van der Waals surface area (Å²) in [6.45, 7) is 5.65. The first-order valence-corrected chi connectivity index (χ1v) is 12.1. The van der Waals surface area contributed by atoms with Crippen molar-refractivity contribution < 1.29 is 9.53 Å². The van der Waals surface area contributed by atoms with Gasteiger partial charge in [-0.25, -0.2) is 0 Å². The fourth-order valence-electron chi connectivity index (χ4n) is 4.38. The number of carbonyl (C=O) groups excluding carboxylic acids is 1. The highest BCUT2D eigenvalue weighted by Crippen LogP contribution is 2.30. The van der Waals surface area contributed by atoms with Gasteiger partial charge in [-0.05, 0) is 74.5 Å². The molecule has 0 atom stereocenters. The van der Waals surface area contributed by atoms with Crippen molar-refractivity contribution in [2.24, 2.45) is 0 Å². The second kappa shape index (κ2) is 10.7. The zero-order chi connectivity index (χ0) is 22.3. The van der Waals surface area contributed by atoms with Gasteiger partial charge in [-0.3, -0.25) is 14.7 Å². The summed E-state index contributed by atoms with van der Waals surface area (Å²) in [5.74, 6) is 1.14. The number of likely N-dealkylation sites (tertiary alicyclic amines) is 1. The van der Waals surface area contributed by atoms with Gasteiger partial charge in [0.25, 0.3) is 5.91 Å². The minimum absolute atomic E-state index is 0.0385. The van der Waals surface area contributed by atoms with Crippen molar-refractivity contribution in [2.45, 2.75) is 38.6 Å². The van der Waals surface area contributed by atoms with E-state index in [1.54, 1.807) is 7.11 Å². The van der Waals surface area contributed by atoms with Crippen LogP contribution in [0.15, 0.2) is 53.9 Å². The number of piperidine rings is 1. The van der Waals surface area contributed by atoms with Crippen LogP contribution >= 0.6 is 11.3 Å². The molecule has 1 N–H and O–H groups in total. The van der Waals surface area contributed by atoms with E-state index in [2.05, 4.69) is 27.7 Å². The van der Waals surface area contributed by atoms with Crippen molar-refractivity contribution in [1.82, 2.24) is 15.2 Å². The number of benzene rings is 1. The molecule has 0 aliphatic carbocycles. The van der Waals surface area contributed by atoms with Gasteiger partial charge >= 0.3 is 0 Å². The topological polar surface area (TPSA) is 54.5 Å². The number of nitrogens with one attached hydrogen (secondary N) is 1. The number of thiophene rings is 1. The molecule has 0 unspecified atom stereocenters. The Morgan fingerprint density at radius 3 is 2.72 bits per heavy atom. The lowest BCUT2D eigenvalue weighted by Gasteiger charge is -2.32. The summed E-state index contributed by atoms with van der Waals surface area (Å²) < 4.78 is 5.41. The Bertz CT molecular complexity index is 1030. The van der Waals surface area contributed by atoms with E-state index in [4.69, 9.17) is 9.72 Å². The third kappa shape index (κ3) is 5.56. The zero-order valence-electron chi connectivity index (χ0n) is 18.8. The molecule has 1 aromatic carbocycles. The molecule has 1 aliphatic heterocycles. The molecule has 168 valence electrons. The van der Waals surface area contributed by atoms with E-state index >= 15 is 0 Å². The largest absolute Gasteiger partial charge is 0.496 e. The minimum Gasteiger partial charge on any atom is -0.496 e. The molecule has 0 saturated carbocycles. The second-order valence-corrected chi connectivity index (χ2v) is 9.37. The van der Waals surface area contributed by atoms with Crippen LogP contribution < -0.4 is 10.1 Å². The quantitative estimate of drug-likeness (QED) is 0.536. The summed E-state index contributed by atoms with van der Waals surface area (Å²) in [5.41, 5.74) is 3.73. The number of ether oxygens (including phenoxy) is 1. The average molecular weight is 450 g/mol. The Morgan fingerprint density at radius 1 is 1.16 bits per heavy atom. The molecule has 0 bridgehead atoms. The summed E-state index contributed by atoms with van der Waals surface area (Å²) in [7, 11) is 1.67. The maximum atomic E-state index is 13.0. The lowest BCUT2D eigenvalue weighted by molar-refractivity contribution is 0.0951. The predicted octanol–water partition coefficient (Wildman–Crippen LogP) is 4.81. The van der Waals surface area contributed by atoms with Gasteiger partial charge in [-0.15, -0.1) is 11.3 Å². The zero-order valence-corrected chi connectivity index (χ0v) is 19.7. The number of methoxy groups -OCH3 is 1. The third-order valence-corrected chi connectivity index (χ3v) is 6.98. The van der Waals surface area contributed by atoms with Crippen molar-refractivity contribution in [3.8, 4) is 5.75 Å². The van der Waals surface area contributed by atoms with Gasteiger partial charge in [0.15, 0.2) is 0 Å². The van der Waals surface area contributed by atoms with Crippen LogP contribution in [0, 0.1) is 6.92 Å². The predicted molar refractivity (Wildman–Crippen MR) is 130 cm³/mol. The number of aryl methyl sites for hydroxylation is 1. The highest BCUT2D eigenvalue weighted by molar-refractivity contribution is 7.09.